The van der Waals surface area contributed by atoms with Crippen molar-refractivity contribution in [3.8, 4) is 0 Å². The zero-order valence-electron chi connectivity index (χ0n) is 12.3. The minimum Gasteiger partial charge on any atom is -0.369 e. The number of carbonyl (C=O) groups is 2. The Labute approximate surface area is 111 Å². The van der Waals surface area contributed by atoms with E-state index in [-0.39, 0.29) is 29.7 Å². The lowest BCUT2D eigenvalue weighted by Crippen LogP contribution is -2.43. The van der Waals surface area contributed by atoms with E-state index in [0.29, 0.717) is 18.8 Å². The number of rotatable bonds is 8. The Morgan fingerprint density at radius 1 is 1.11 bits per heavy atom. The van der Waals surface area contributed by atoms with Crippen molar-refractivity contribution in [2.24, 2.45) is 23.5 Å². The van der Waals surface area contributed by atoms with Gasteiger partial charge >= 0.3 is 0 Å². The number of primary amides is 1. The Kier molecular flexibility index (Phi) is 7.64. The summed E-state index contributed by atoms with van der Waals surface area (Å²) in [5.74, 6) is -0.690. The Bertz CT molecular complexity index is 275. The van der Waals surface area contributed by atoms with Crippen LogP contribution in [0.5, 0.6) is 0 Å². The highest BCUT2D eigenvalue weighted by Crippen LogP contribution is 2.25. The summed E-state index contributed by atoms with van der Waals surface area (Å²) in [6.45, 7) is 9.95. The molecule has 4 heteroatoms. The summed E-state index contributed by atoms with van der Waals surface area (Å²) in [4.78, 5) is 23.7. The molecule has 0 aromatic heterocycles. The van der Waals surface area contributed by atoms with Crippen LogP contribution in [0.2, 0.25) is 0 Å². The molecule has 0 aromatic rings. The van der Waals surface area contributed by atoms with E-state index in [0.717, 1.165) is 6.42 Å². The third kappa shape index (κ3) is 6.03. The molecule has 4 nitrogen and oxygen atoms in total. The van der Waals surface area contributed by atoms with Gasteiger partial charge in [-0.1, -0.05) is 27.2 Å². The van der Waals surface area contributed by atoms with Gasteiger partial charge in [0.25, 0.3) is 0 Å². The van der Waals surface area contributed by atoms with Crippen molar-refractivity contribution in [3.05, 3.63) is 0 Å². The minimum absolute atomic E-state index is 0.0454. The van der Waals surface area contributed by atoms with E-state index in [1.165, 1.54) is 0 Å². The highest BCUT2D eigenvalue weighted by molar-refractivity contribution is 5.87. The molecule has 106 valence electrons. The van der Waals surface area contributed by atoms with Gasteiger partial charge in [-0.3, -0.25) is 9.59 Å². The molecule has 0 aliphatic rings. The lowest BCUT2D eigenvalue weighted by molar-refractivity contribution is -0.134. The van der Waals surface area contributed by atoms with Gasteiger partial charge in [-0.2, -0.15) is 0 Å². The number of amides is 2. The molecule has 18 heavy (non-hydrogen) atoms. The molecule has 3 N–H and O–H groups in total. The molecular weight excluding hydrogens is 228 g/mol. The third-order valence-electron chi connectivity index (χ3n) is 2.94. The van der Waals surface area contributed by atoms with Crippen LogP contribution in [0.15, 0.2) is 0 Å². The molecule has 0 rings (SSSR count). The van der Waals surface area contributed by atoms with Gasteiger partial charge in [0.05, 0.1) is 0 Å². The lowest BCUT2D eigenvalue weighted by atomic mass is 9.81. The second-order valence-corrected chi connectivity index (χ2v) is 5.70. The average molecular weight is 256 g/mol. The molecule has 0 spiro atoms. The molecule has 0 saturated carbocycles. The number of nitrogens with one attached hydrogen (secondary N) is 1. The first-order chi connectivity index (χ1) is 8.29. The van der Waals surface area contributed by atoms with Crippen molar-refractivity contribution in [2.45, 2.75) is 59.9 Å². The highest BCUT2D eigenvalue weighted by Gasteiger charge is 2.32. The fourth-order valence-corrected chi connectivity index (χ4v) is 2.21. The van der Waals surface area contributed by atoms with Crippen LogP contribution in [0, 0.1) is 17.8 Å². The van der Waals surface area contributed by atoms with Crippen LogP contribution in [0.25, 0.3) is 0 Å². The fraction of sp³-hybridized carbons (Fsp3) is 0.857. The lowest BCUT2D eigenvalue weighted by Gasteiger charge is -2.26. The average Bonchev–Trinajstić information content (AvgIpc) is 2.21. The van der Waals surface area contributed by atoms with Gasteiger partial charge in [-0.15, -0.1) is 0 Å². The van der Waals surface area contributed by atoms with Crippen LogP contribution in [0.4, 0.5) is 0 Å². The standard InChI is InChI=1S/C14H28N2O2/c1-6-7-11(13(15)17)12(8-9(2)3)14(18)16-10(4)5/h9-12H,6-8H2,1-5H3,(H2,15,17)(H,16,18)/t11-,12?/m0/s1. The van der Waals surface area contributed by atoms with Crippen LogP contribution >= 0.6 is 0 Å². The van der Waals surface area contributed by atoms with Gasteiger partial charge in [0.1, 0.15) is 0 Å². The summed E-state index contributed by atoms with van der Waals surface area (Å²) in [6, 6.07) is 0.0855. The van der Waals surface area contributed by atoms with Crippen LogP contribution in [0.3, 0.4) is 0 Å². The third-order valence-corrected chi connectivity index (χ3v) is 2.94. The predicted molar refractivity (Wildman–Crippen MR) is 73.8 cm³/mol. The van der Waals surface area contributed by atoms with Crippen LogP contribution < -0.4 is 11.1 Å². The smallest absolute Gasteiger partial charge is 0.224 e. The van der Waals surface area contributed by atoms with Gasteiger partial charge < -0.3 is 11.1 Å². The highest BCUT2D eigenvalue weighted by atomic mass is 16.2. The minimum atomic E-state index is -0.360. The molecule has 0 bridgehead atoms. The SMILES string of the molecule is CCC[C@H](C(N)=O)C(CC(C)C)C(=O)NC(C)C. The van der Waals surface area contributed by atoms with Gasteiger partial charge in [0.15, 0.2) is 0 Å². The van der Waals surface area contributed by atoms with Crippen molar-refractivity contribution in [1.29, 1.82) is 0 Å². The van der Waals surface area contributed by atoms with E-state index in [2.05, 4.69) is 19.2 Å². The number of nitrogens with two attached hydrogens (primary N) is 1. The van der Waals surface area contributed by atoms with Gasteiger partial charge in [0.2, 0.25) is 11.8 Å². The Morgan fingerprint density at radius 2 is 1.67 bits per heavy atom. The zero-order valence-corrected chi connectivity index (χ0v) is 12.3. The fourth-order valence-electron chi connectivity index (χ4n) is 2.21. The van der Waals surface area contributed by atoms with Gasteiger partial charge in [0, 0.05) is 17.9 Å². The molecule has 0 fully saturated rings. The first-order valence-corrected chi connectivity index (χ1v) is 6.89. The number of hydrogen-bond donors (Lipinski definition) is 2. The summed E-state index contributed by atoms with van der Waals surface area (Å²) in [7, 11) is 0. The molecule has 2 atom stereocenters. The number of carbonyl (C=O) groups excluding carboxylic acids is 2. The van der Waals surface area contributed by atoms with Crippen molar-refractivity contribution in [3.63, 3.8) is 0 Å². The summed E-state index contributed by atoms with van der Waals surface area (Å²) in [5.41, 5.74) is 5.45. The maximum atomic E-state index is 12.2. The monoisotopic (exact) mass is 256 g/mol. The molecule has 0 radical (unpaired) electrons. The second kappa shape index (κ2) is 8.11. The number of hydrogen-bond acceptors (Lipinski definition) is 2. The summed E-state index contributed by atoms with van der Waals surface area (Å²) in [6.07, 6.45) is 2.24. The predicted octanol–water partition coefficient (Wildman–Crippen LogP) is 2.07. The van der Waals surface area contributed by atoms with Crippen LogP contribution in [-0.4, -0.2) is 17.9 Å². The summed E-state index contributed by atoms with van der Waals surface area (Å²) in [5, 5.41) is 2.90. The molecule has 0 heterocycles. The van der Waals surface area contributed by atoms with E-state index in [1.807, 2.05) is 20.8 Å². The zero-order chi connectivity index (χ0) is 14.3. The Balaban J connectivity index is 4.92. The van der Waals surface area contributed by atoms with Crippen LogP contribution in [0.1, 0.15) is 53.9 Å². The molecule has 2 amide bonds. The van der Waals surface area contributed by atoms with E-state index < -0.39 is 0 Å². The normalized spacial score (nSPS) is 14.6. The molecule has 0 aromatic carbocycles. The van der Waals surface area contributed by atoms with E-state index in [9.17, 15) is 9.59 Å². The molecular formula is C14H28N2O2. The largest absolute Gasteiger partial charge is 0.369 e. The van der Waals surface area contributed by atoms with E-state index >= 15 is 0 Å². The van der Waals surface area contributed by atoms with E-state index in [1.54, 1.807) is 0 Å². The van der Waals surface area contributed by atoms with Crippen molar-refractivity contribution >= 4 is 11.8 Å². The van der Waals surface area contributed by atoms with Gasteiger partial charge in [-0.25, -0.2) is 0 Å². The first kappa shape index (κ1) is 16.9. The molecule has 0 aliphatic carbocycles. The summed E-state index contributed by atoms with van der Waals surface area (Å²) < 4.78 is 0. The molecule has 1 unspecified atom stereocenters. The quantitative estimate of drug-likeness (QED) is 0.698. The van der Waals surface area contributed by atoms with Crippen molar-refractivity contribution in [1.82, 2.24) is 5.32 Å². The van der Waals surface area contributed by atoms with Crippen LogP contribution in [-0.2, 0) is 9.59 Å². The van der Waals surface area contributed by atoms with Crippen molar-refractivity contribution < 1.29 is 9.59 Å². The first-order valence-electron chi connectivity index (χ1n) is 6.89. The maximum Gasteiger partial charge on any atom is 0.224 e. The van der Waals surface area contributed by atoms with Crippen molar-refractivity contribution in [2.75, 3.05) is 0 Å². The molecule has 0 aliphatic heterocycles. The topological polar surface area (TPSA) is 72.2 Å². The van der Waals surface area contributed by atoms with E-state index in [4.69, 9.17) is 5.73 Å². The van der Waals surface area contributed by atoms with Gasteiger partial charge in [-0.05, 0) is 32.6 Å². The Hall–Kier alpha value is -1.06. The summed E-state index contributed by atoms with van der Waals surface area (Å²) >= 11 is 0. The Morgan fingerprint density at radius 3 is 2.00 bits per heavy atom. The molecule has 0 saturated heterocycles. The maximum absolute atomic E-state index is 12.2. The second-order valence-electron chi connectivity index (χ2n) is 5.70.